The predicted molar refractivity (Wildman–Crippen MR) is 63.7 cm³/mol. The second-order valence-electron chi connectivity index (χ2n) is 3.80. The van der Waals surface area contributed by atoms with Crippen molar-refractivity contribution in [2.75, 3.05) is 18.5 Å². The highest BCUT2D eigenvalue weighted by molar-refractivity contribution is 5.39. The van der Waals surface area contributed by atoms with E-state index in [1.165, 1.54) is 4.68 Å². The molecular formula is C11H19N3O2. The van der Waals surface area contributed by atoms with Crippen molar-refractivity contribution < 1.29 is 4.74 Å². The molecular weight excluding hydrogens is 206 g/mol. The van der Waals surface area contributed by atoms with E-state index in [2.05, 4.69) is 10.4 Å². The molecule has 5 nitrogen and oxygen atoms in total. The Balaban J connectivity index is 2.64. The van der Waals surface area contributed by atoms with Crippen LogP contribution >= 0.6 is 0 Å². The van der Waals surface area contributed by atoms with Crippen molar-refractivity contribution in [3.8, 4) is 0 Å². The summed E-state index contributed by atoms with van der Waals surface area (Å²) in [5, 5.41) is 7.20. The van der Waals surface area contributed by atoms with Crippen molar-refractivity contribution in [2.24, 2.45) is 0 Å². The summed E-state index contributed by atoms with van der Waals surface area (Å²) in [6.45, 7) is 7.61. The van der Waals surface area contributed by atoms with Crippen LogP contribution in [0.4, 0.5) is 5.69 Å². The van der Waals surface area contributed by atoms with E-state index < -0.39 is 0 Å². The monoisotopic (exact) mass is 225 g/mol. The molecule has 1 N–H and O–H groups in total. The van der Waals surface area contributed by atoms with Crippen molar-refractivity contribution in [1.29, 1.82) is 0 Å². The summed E-state index contributed by atoms with van der Waals surface area (Å²) in [5.41, 5.74) is 0.651. The minimum absolute atomic E-state index is 0.106. The topological polar surface area (TPSA) is 56.1 Å². The first-order valence-corrected chi connectivity index (χ1v) is 5.55. The number of nitrogens with one attached hydrogen (secondary N) is 1. The van der Waals surface area contributed by atoms with E-state index in [4.69, 9.17) is 4.74 Å². The Kier molecular flexibility index (Phi) is 4.98. The van der Waals surface area contributed by atoms with Gasteiger partial charge in [0.25, 0.3) is 5.56 Å². The molecule has 0 atom stereocenters. The summed E-state index contributed by atoms with van der Waals surface area (Å²) in [7, 11) is 0. The van der Waals surface area contributed by atoms with E-state index in [9.17, 15) is 4.79 Å². The number of ether oxygens (including phenoxy) is 1. The van der Waals surface area contributed by atoms with Crippen molar-refractivity contribution >= 4 is 5.69 Å². The van der Waals surface area contributed by atoms with Crippen LogP contribution in [-0.4, -0.2) is 29.0 Å². The van der Waals surface area contributed by atoms with Gasteiger partial charge in [-0.15, -0.1) is 0 Å². The first kappa shape index (κ1) is 12.7. The lowest BCUT2D eigenvalue weighted by Gasteiger charge is -2.10. The Morgan fingerprint density at radius 3 is 2.88 bits per heavy atom. The van der Waals surface area contributed by atoms with Gasteiger partial charge in [0.1, 0.15) is 0 Å². The number of aromatic nitrogens is 2. The number of anilines is 1. The van der Waals surface area contributed by atoms with Gasteiger partial charge in [-0.05, 0) is 20.8 Å². The van der Waals surface area contributed by atoms with E-state index >= 15 is 0 Å². The largest absolute Gasteiger partial charge is 0.381 e. The van der Waals surface area contributed by atoms with Crippen molar-refractivity contribution in [3.05, 3.63) is 22.6 Å². The summed E-state index contributed by atoms with van der Waals surface area (Å²) < 4.78 is 6.58. The highest BCUT2D eigenvalue weighted by Gasteiger charge is 2.00. The van der Waals surface area contributed by atoms with Gasteiger partial charge in [0.15, 0.2) is 0 Å². The minimum Gasteiger partial charge on any atom is -0.381 e. The molecule has 0 aromatic carbocycles. The fourth-order valence-electron chi connectivity index (χ4n) is 1.31. The third kappa shape index (κ3) is 4.02. The Bertz CT molecular complexity index is 374. The standard InChI is InChI=1S/C11H19N3O2/c1-4-16-6-5-14-11(15)7-10(8-12-14)13-9(2)3/h7-9,13H,4-6H2,1-3H3. The molecule has 0 amide bonds. The lowest BCUT2D eigenvalue weighted by molar-refractivity contribution is 0.135. The fraction of sp³-hybridized carbons (Fsp3) is 0.636. The van der Waals surface area contributed by atoms with Crippen LogP contribution < -0.4 is 10.9 Å². The molecule has 0 saturated heterocycles. The summed E-state index contributed by atoms with van der Waals surface area (Å²) >= 11 is 0. The van der Waals surface area contributed by atoms with Crippen molar-refractivity contribution in [2.45, 2.75) is 33.4 Å². The van der Waals surface area contributed by atoms with Crippen molar-refractivity contribution in [1.82, 2.24) is 9.78 Å². The van der Waals surface area contributed by atoms with Gasteiger partial charge in [-0.2, -0.15) is 5.10 Å². The quantitative estimate of drug-likeness (QED) is 0.737. The predicted octanol–water partition coefficient (Wildman–Crippen LogP) is 1.10. The second-order valence-corrected chi connectivity index (χ2v) is 3.80. The maximum Gasteiger partial charge on any atom is 0.268 e. The molecule has 16 heavy (non-hydrogen) atoms. The lowest BCUT2D eigenvalue weighted by atomic mass is 10.3. The minimum atomic E-state index is -0.106. The van der Waals surface area contributed by atoms with Gasteiger partial charge in [0.05, 0.1) is 25.0 Å². The molecule has 0 radical (unpaired) electrons. The van der Waals surface area contributed by atoms with E-state index in [1.54, 1.807) is 12.3 Å². The SMILES string of the molecule is CCOCCn1ncc(NC(C)C)cc1=O. The molecule has 0 spiro atoms. The van der Waals surface area contributed by atoms with Crippen molar-refractivity contribution in [3.63, 3.8) is 0 Å². The summed E-state index contributed by atoms with van der Waals surface area (Å²) in [5.74, 6) is 0. The zero-order chi connectivity index (χ0) is 12.0. The average Bonchev–Trinajstić information content (AvgIpc) is 2.20. The van der Waals surface area contributed by atoms with Gasteiger partial charge < -0.3 is 10.1 Å². The van der Waals surface area contributed by atoms with E-state index in [1.807, 2.05) is 20.8 Å². The average molecular weight is 225 g/mol. The summed E-state index contributed by atoms with van der Waals surface area (Å²) in [6.07, 6.45) is 1.66. The number of rotatable bonds is 6. The van der Waals surface area contributed by atoms with E-state index in [0.29, 0.717) is 25.8 Å². The van der Waals surface area contributed by atoms with E-state index in [-0.39, 0.29) is 5.56 Å². The van der Waals surface area contributed by atoms with Crippen LogP contribution in [0.15, 0.2) is 17.1 Å². The Morgan fingerprint density at radius 2 is 2.31 bits per heavy atom. The molecule has 0 unspecified atom stereocenters. The molecule has 0 fully saturated rings. The van der Waals surface area contributed by atoms with Crippen LogP contribution in [0, 0.1) is 0 Å². The van der Waals surface area contributed by atoms with Gasteiger partial charge in [0.2, 0.25) is 0 Å². The molecule has 1 rings (SSSR count). The molecule has 0 aliphatic rings. The highest BCUT2D eigenvalue weighted by atomic mass is 16.5. The van der Waals surface area contributed by atoms with Crippen LogP contribution in [0.5, 0.6) is 0 Å². The highest BCUT2D eigenvalue weighted by Crippen LogP contribution is 2.01. The summed E-state index contributed by atoms with van der Waals surface area (Å²) in [6, 6.07) is 1.85. The van der Waals surface area contributed by atoms with Gasteiger partial charge in [-0.1, -0.05) is 0 Å². The first-order chi connectivity index (χ1) is 7.63. The van der Waals surface area contributed by atoms with Crippen LogP contribution in [-0.2, 0) is 11.3 Å². The molecule has 0 saturated carbocycles. The Hall–Kier alpha value is -1.36. The maximum atomic E-state index is 11.6. The Morgan fingerprint density at radius 1 is 1.56 bits per heavy atom. The smallest absolute Gasteiger partial charge is 0.268 e. The molecule has 0 bridgehead atoms. The lowest BCUT2D eigenvalue weighted by Crippen LogP contribution is -2.25. The Labute approximate surface area is 95.4 Å². The summed E-state index contributed by atoms with van der Waals surface area (Å²) in [4.78, 5) is 11.6. The van der Waals surface area contributed by atoms with Crippen LogP contribution in [0.3, 0.4) is 0 Å². The molecule has 1 aromatic rings. The zero-order valence-electron chi connectivity index (χ0n) is 10.1. The second kappa shape index (κ2) is 6.27. The van der Waals surface area contributed by atoms with Gasteiger partial charge in [-0.25, -0.2) is 4.68 Å². The maximum absolute atomic E-state index is 11.6. The first-order valence-electron chi connectivity index (χ1n) is 5.55. The van der Waals surface area contributed by atoms with Crippen LogP contribution in [0.1, 0.15) is 20.8 Å². The zero-order valence-corrected chi connectivity index (χ0v) is 10.1. The number of hydrogen-bond donors (Lipinski definition) is 1. The third-order valence-corrected chi connectivity index (χ3v) is 1.98. The number of hydrogen-bond acceptors (Lipinski definition) is 4. The van der Waals surface area contributed by atoms with Gasteiger partial charge >= 0.3 is 0 Å². The van der Waals surface area contributed by atoms with Gasteiger partial charge in [0, 0.05) is 18.7 Å². The molecule has 0 aliphatic heterocycles. The molecule has 1 aromatic heterocycles. The van der Waals surface area contributed by atoms with Crippen LogP contribution in [0.2, 0.25) is 0 Å². The molecule has 1 heterocycles. The molecule has 5 heteroatoms. The third-order valence-electron chi connectivity index (χ3n) is 1.98. The fourth-order valence-corrected chi connectivity index (χ4v) is 1.31. The van der Waals surface area contributed by atoms with E-state index in [0.717, 1.165) is 5.69 Å². The van der Waals surface area contributed by atoms with Gasteiger partial charge in [-0.3, -0.25) is 4.79 Å². The molecule has 0 aliphatic carbocycles. The van der Waals surface area contributed by atoms with Crippen LogP contribution in [0.25, 0.3) is 0 Å². The number of nitrogens with zero attached hydrogens (tertiary/aromatic N) is 2. The normalized spacial score (nSPS) is 10.8. The molecule has 90 valence electrons.